The van der Waals surface area contributed by atoms with Crippen LogP contribution in [0.2, 0.25) is 0 Å². The molecule has 0 spiro atoms. The molecular formula is C19H27N3O6. The minimum atomic E-state index is -1.43. The molecule has 2 amide bonds. The number of carbonyl (C=O) groups is 3. The van der Waals surface area contributed by atoms with Gasteiger partial charge in [-0.1, -0.05) is 13.8 Å². The van der Waals surface area contributed by atoms with Crippen molar-refractivity contribution in [3.63, 3.8) is 0 Å². The van der Waals surface area contributed by atoms with Crippen LogP contribution in [0.1, 0.15) is 55.6 Å². The Morgan fingerprint density at radius 2 is 2.07 bits per heavy atom. The number of nitrogens with one attached hydrogen (secondary N) is 2. The maximum absolute atomic E-state index is 12.1. The fourth-order valence-electron chi connectivity index (χ4n) is 3.17. The summed E-state index contributed by atoms with van der Waals surface area (Å²) in [6.07, 6.45) is 0.467. The van der Waals surface area contributed by atoms with Gasteiger partial charge in [-0.05, 0) is 24.5 Å². The van der Waals surface area contributed by atoms with E-state index in [-0.39, 0.29) is 42.4 Å². The highest BCUT2D eigenvalue weighted by Gasteiger charge is 2.30. The molecule has 1 aromatic carbocycles. The van der Waals surface area contributed by atoms with Crippen molar-refractivity contribution >= 4 is 17.8 Å². The summed E-state index contributed by atoms with van der Waals surface area (Å²) in [5.41, 5.74) is 4.68. The molecule has 6 N–H and O–H groups in total. The van der Waals surface area contributed by atoms with Crippen molar-refractivity contribution in [3.8, 4) is 11.5 Å². The van der Waals surface area contributed by atoms with Crippen molar-refractivity contribution < 1.29 is 35.1 Å². The SMILES string of the molecule is CC(C)C[C@H]([NH3+])C(=O)N[C@@H](CCOc1cc(O)cc2c1C(=O)N[C@@H]2C)C(=O)[O-]. The maximum Gasteiger partial charge on any atom is 0.278 e. The minimum Gasteiger partial charge on any atom is -0.548 e. The second kappa shape index (κ2) is 8.92. The number of fused-ring (bicyclic) bond motifs is 1. The molecule has 3 atom stereocenters. The molecule has 0 aromatic heterocycles. The van der Waals surface area contributed by atoms with Gasteiger partial charge in [0.05, 0.1) is 30.2 Å². The van der Waals surface area contributed by atoms with Crippen LogP contribution in [-0.2, 0) is 9.59 Å². The second-order valence-electron chi connectivity index (χ2n) is 7.45. The first-order chi connectivity index (χ1) is 13.1. The average molecular weight is 393 g/mol. The second-order valence-corrected chi connectivity index (χ2v) is 7.45. The molecule has 1 heterocycles. The van der Waals surface area contributed by atoms with Gasteiger partial charge in [0.25, 0.3) is 11.8 Å². The summed E-state index contributed by atoms with van der Waals surface area (Å²) >= 11 is 0. The monoisotopic (exact) mass is 393 g/mol. The summed E-state index contributed by atoms with van der Waals surface area (Å²) < 4.78 is 5.56. The Balaban J connectivity index is 2.01. The number of phenolic OH excluding ortho intramolecular Hbond substituents is 1. The maximum atomic E-state index is 12.1. The van der Waals surface area contributed by atoms with Crippen molar-refractivity contribution in [2.75, 3.05) is 6.61 Å². The summed E-state index contributed by atoms with van der Waals surface area (Å²) in [6.45, 7) is 5.57. The van der Waals surface area contributed by atoms with E-state index in [0.29, 0.717) is 17.5 Å². The Morgan fingerprint density at radius 1 is 1.39 bits per heavy atom. The Morgan fingerprint density at radius 3 is 2.68 bits per heavy atom. The molecule has 0 fully saturated rings. The third-order valence-electron chi connectivity index (χ3n) is 4.55. The van der Waals surface area contributed by atoms with Crippen molar-refractivity contribution in [1.29, 1.82) is 0 Å². The van der Waals surface area contributed by atoms with Crippen molar-refractivity contribution in [2.24, 2.45) is 5.92 Å². The molecule has 9 heteroatoms. The number of rotatable bonds is 9. The Kier molecular flexibility index (Phi) is 6.85. The number of carboxylic acids is 1. The van der Waals surface area contributed by atoms with E-state index >= 15 is 0 Å². The zero-order valence-electron chi connectivity index (χ0n) is 16.3. The van der Waals surface area contributed by atoms with Gasteiger partial charge in [-0.2, -0.15) is 0 Å². The third kappa shape index (κ3) is 5.13. The van der Waals surface area contributed by atoms with E-state index in [1.54, 1.807) is 6.92 Å². The summed E-state index contributed by atoms with van der Waals surface area (Å²) in [5, 5.41) is 26.3. The lowest BCUT2D eigenvalue weighted by Crippen LogP contribution is -2.69. The lowest BCUT2D eigenvalue weighted by molar-refractivity contribution is -0.406. The van der Waals surface area contributed by atoms with E-state index in [2.05, 4.69) is 16.4 Å². The summed E-state index contributed by atoms with van der Waals surface area (Å²) in [5.74, 6) is -1.86. The molecule has 1 aliphatic rings. The Labute approximate surface area is 163 Å². The number of aliphatic carboxylic acids is 1. The van der Waals surface area contributed by atoms with Crippen LogP contribution in [0.15, 0.2) is 12.1 Å². The van der Waals surface area contributed by atoms with Crippen LogP contribution in [0.3, 0.4) is 0 Å². The van der Waals surface area contributed by atoms with Crippen LogP contribution in [0, 0.1) is 5.92 Å². The largest absolute Gasteiger partial charge is 0.548 e. The van der Waals surface area contributed by atoms with Crippen LogP contribution < -0.4 is 26.2 Å². The van der Waals surface area contributed by atoms with E-state index in [4.69, 9.17) is 4.74 Å². The minimum absolute atomic E-state index is 0.0598. The van der Waals surface area contributed by atoms with Gasteiger partial charge in [-0.3, -0.25) is 9.59 Å². The van der Waals surface area contributed by atoms with E-state index < -0.39 is 24.0 Å². The average Bonchev–Trinajstić information content (AvgIpc) is 2.86. The van der Waals surface area contributed by atoms with Crippen LogP contribution >= 0.6 is 0 Å². The van der Waals surface area contributed by atoms with E-state index in [1.807, 2.05) is 13.8 Å². The fraction of sp³-hybridized carbons (Fsp3) is 0.526. The first-order valence-electron chi connectivity index (χ1n) is 9.25. The van der Waals surface area contributed by atoms with Crippen molar-refractivity contribution in [1.82, 2.24) is 10.6 Å². The third-order valence-corrected chi connectivity index (χ3v) is 4.55. The standard InChI is InChI=1S/C19H27N3O6/c1-9(2)6-13(20)17(24)22-14(19(26)27)4-5-28-15-8-11(23)7-12-10(3)21-18(25)16(12)15/h7-10,13-14,23H,4-6,20H2,1-3H3,(H,21,25)(H,22,24)(H,26,27)/t10-,13+,14+/m1/s1. The molecule has 2 rings (SSSR count). The first-order valence-corrected chi connectivity index (χ1v) is 9.25. The summed E-state index contributed by atoms with van der Waals surface area (Å²) in [6, 6.07) is 0.710. The summed E-state index contributed by atoms with van der Waals surface area (Å²) in [4.78, 5) is 35.5. The molecule has 0 aliphatic carbocycles. The number of aromatic hydroxyl groups is 1. The van der Waals surface area contributed by atoms with Gasteiger partial charge < -0.3 is 36.1 Å². The fourth-order valence-corrected chi connectivity index (χ4v) is 3.17. The molecule has 0 bridgehead atoms. The first kappa shape index (κ1) is 21.5. The molecule has 0 saturated heterocycles. The molecule has 1 aromatic rings. The van der Waals surface area contributed by atoms with Crippen molar-refractivity contribution in [2.45, 2.75) is 51.7 Å². The highest BCUT2D eigenvalue weighted by Crippen LogP contribution is 2.36. The van der Waals surface area contributed by atoms with E-state index in [9.17, 15) is 24.6 Å². The number of ether oxygens (including phenoxy) is 1. The predicted octanol–water partition coefficient (Wildman–Crippen LogP) is -1.14. The zero-order chi connectivity index (χ0) is 21.0. The van der Waals surface area contributed by atoms with Crippen LogP contribution in [-0.4, -0.2) is 41.6 Å². The summed E-state index contributed by atoms with van der Waals surface area (Å²) in [7, 11) is 0. The van der Waals surface area contributed by atoms with E-state index in [0.717, 1.165) is 0 Å². The number of amides is 2. The Bertz CT molecular complexity index is 764. The van der Waals surface area contributed by atoms with Gasteiger partial charge in [-0.15, -0.1) is 0 Å². The van der Waals surface area contributed by atoms with Crippen LogP contribution in [0.4, 0.5) is 0 Å². The molecule has 0 unspecified atom stereocenters. The van der Waals surface area contributed by atoms with Crippen LogP contribution in [0.25, 0.3) is 0 Å². The molecular weight excluding hydrogens is 366 g/mol. The topological polar surface area (TPSA) is 155 Å². The number of benzene rings is 1. The van der Waals surface area contributed by atoms with Crippen molar-refractivity contribution in [3.05, 3.63) is 23.3 Å². The Hall–Kier alpha value is -2.81. The zero-order valence-corrected chi connectivity index (χ0v) is 16.3. The number of carboxylic acid groups (broad SMARTS) is 1. The lowest BCUT2D eigenvalue weighted by atomic mass is 10.0. The van der Waals surface area contributed by atoms with Gasteiger partial charge in [0, 0.05) is 18.9 Å². The molecule has 154 valence electrons. The molecule has 28 heavy (non-hydrogen) atoms. The number of phenols is 1. The van der Waals surface area contributed by atoms with Gasteiger partial charge in [0.1, 0.15) is 11.5 Å². The predicted molar refractivity (Wildman–Crippen MR) is 97.2 cm³/mol. The lowest BCUT2D eigenvalue weighted by Gasteiger charge is -2.21. The van der Waals surface area contributed by atoms with Gasteiger partial charge in [-0.25, -0.2) is 0 Å². The molecule has 0 radical (unpaired) electrons. The quantitative estimate of drug-likeness (QED) is 0.415. The number of hydrogen-bond acceptors (Lipinski definition) is 6. The van der Waals surface area contributed by atoms with Gasteiger partial charge >= 0.3 is 0 Å². The number of quaternary nitrogens is 1. The number of carbonyl (C=O) groups excluding carboxylic acids is 3. The van der Waals surface area contributed by atoms with E-state index in [1.165, 1.54) is 12.1 Å². The highest BCUT2D eigenvalue weighted by atomic mass is 16.5. The smallest absolute Gasteiger partial charge is 0.278 e. The van der Waals surface area contributed by atoms with Crippen LogP contribution in [0.5, 0.6) is 11.5 Å². The molecule has 0 saturated carbocycles. The van der Waals surface area contributed by atoms with Gasteiger partial charge in [0.15, 0.2) is 6.04 Å². The molecule has 9 nitrogen and oxygen atoms in total. The number of hydrogen-bond donors (Lipinski definition) is 4. The van der Waals surface area contributed by atoms with Gasteiger partial charge in [0.2, 0.25) is 0 Å². The molecule has 1 aliphatic heterocycles. The highest BCUT2D eigenvalue weighted by molar-refractivity contribution is 6.02. The normalized spacial score (nSPS) is 17.6.